The van der Waals surface area contributed by atoms with Gasteiger partial charge in [-0.2, -0.15) is 12.6 Å². The number of thiol groups is 1. The van der Waals surface area contributed by atoms with E-state index in [-0.39, 0.29) is 5.84 Å². The zero-order valence-corrected chi connectivity index (χ0v) is 8.80. The first-order valence-corrected chi connectivity index (χ1v) is 5.09. The van der Waals surface area contributed by atoms with E-state index in [4.69, 9.17) is 11.1 Å². The van der Waals surface area contributed by atoms with Gasteiger partial charge in [-0.05, 0) is 17.7 Å². The van der Waals surface area contributed by atoms with Crippen LogP contribution in [0.1, 0.15) is 17.5 Å². The van der Waals surface area contributed by atoms with E-state index >= 15 is 0 Å². The van der Waals surface area contributed by atoms with Crippen molar-refractivity contribution in [2.24, 2.45) is 5.73 Å². The molecule has 0 heterocycles. The van der Waals surface area contributed by atoms with Crippen LogP contribution in [-0.2, 0) is 0 Å². The summed E-state index contributed by atoms with van der Waals surface area (Å²) in [5.41, 5.74) is 7.22. The van der Waals surface area contributed by atoms with E-state index in [1.165, 1.54) is 0 Å². The molecule has 0 atom stereocenters. The van der Waals surface area contributed by atoms with Gasteiger partial charge in [0.2, 0.25) is 0 Å². The third-order valence-corrected chi connectivity index (χ3v) is 2.09. The second kappa shape index (κ2) is 5.50. The number of hydrogen-bond acceptors (Lipinski definition) is 2. The van der Waals surface area contributed by atoms with Gasteiger partial charge < -0.3 is 5.73 Å². The van der Waals surface area contributed by atoms with Gasteiger partial charge in [0.25, 0.3) is 0 Å². The Morgan fingerprint density at radius 1 is 1.36 bits per heavy atom. The van der Waals surface area contributed by atoms with Gasteiger partial charge in [-0.3, -0.25) is 5.41 Å². The Kier molecular flexibility index (Phi) is 4.26. The Labute approximate surface area is 89.7 Å². The van der Waals surface area contributed by atoms with Gasteiger partial charge in [0, 0.05) is 5.56 Å². The van der Waals surface area contributed by atoms with Crippen LogP contribution in [-0.4, -0.2) is 11.6 Å². The van der Waals surface area contributed by atoms with Crippen LogP contribution in [0.3, 0.4) is 0 Å². The minimum absolute atomic E-state index is 0.107. The zero-order chi connectivity index (χ0) is 10.4. The van der Waals surface area contributed by atoms with Crippen LogP contribution >= 0.6 is 12.6 Å². The molecule has 0 saturated heterocycles. The number of hydrogen-bond donors (Lipinski definition) is 3. The topological polar surface area (TPSA) is 49.9 Å². The molecule has 0 aliphatic heterocycles. The van der Waals surface area contributed by atoms with Crippen molar-refractivity contribution in [1.82, 2.24) is 0 Å². The summed E-state index contributed by atoms with van der Waals surface area (Å²) in [7, 11) is 0. The maximum Gasteiger partial charge on any atom is 0.122 e. The van der Waals surface area contributed by atoms with Crippen molar-refractivity contribution in [3.8, 4) is 0 Å². The van der Waals surface area contributed by atoms with Crippen molar-refractivity contribution < 1.29 is 0 Å². The average Bonchev–Trinajstić information content (AvgIpc) is 2.19. The molecule has 0 saturated carbocycles. The van der Waals surface area contributed by atoms with Crippen LogP contribution in [0.4, 0.5) is 0 Å². The molecule has 74 valence electrons. The smallest absolute Gasteiger partial charge is 0.122 e. The molecule has 1 aromatic rings. The molecule has 0 radical (unpaired) electrons. The highest BCUT2D eigenvalue weighted by atomic mass is 32.1. The minimum Gasteiger partial charge on any atom is -0.384 e. The van der Waals surface area contributed by atoms with Crippen molar-refractivity contribution in [2.45, 2.75) is 6.42 Å². The lowest BCUT2D eigenvalue weighted by Crippen LogP contribution is -2.10. The standard InChI is InChI=1S/C11H14N2S/c12-11(13)10-6-4-9(5-7-10)3-1-2-8-14/h1,3-7,14H,2,8H2,(H3,12,13). The SMILES string of the molecule is N=C(N)c1ccc(C=CCCS)cc1. The predicted molar refractivity (Wildman–Crippen MR) is 65.0 cm³/mol. The third kappa shape index (κ3) is 3.26. The largest absolute Gasteiger partial charge is 0.384 e. The average molecular weight is 206 g/mol. The first-order valence-electron chi connectivity index (χ1n) is 4.46. The summed E-state index contributed by atoms with van der Waals surface area (Å²) in [6, 6.07) is 7.60. The maximum absolute atomic E-state index is 7.22. The first kappa shape index (κ1) is 10.9. The Hall–Kier alpha value is -1.22. The van der Waals surface area contributed by atoms with Crippen LogP contribution in [0.15, 0.2) is 30.3 Å². The van der Waals surface area contributed by atoms with E-state index < -0.39 is 0 Å². The fraction of sp³-hybridized carbons (Fsp3) is 0.182. The molecule has 0 fully saturated rings. The summed E-state index contributed by atoms with van der Waals surface area (Å²) in [6.45, 7) is 0. The van der Waals surface area contributed by atoms with Crippen molar-refractivity contribution in [2.75, 3.05) is 5.75 Å². The summed E-state index contributed by atoms with van der Waals surface area (Å²) >= 11 is 4.11. The predicted octanol–water partition coefficient (Wildman–Crippen LogP) is 2.30. The van der Waals surface area contributed by atoms with E-state index in [1.807, 2.05) is 30.3 Å². The van der Waals surface area contributed by atoms with Crippen molar-refractivity contribution in [3.05, 3.63) is 41.5 Å². The Morgan fingerprint density at radius 3 is 2.50 bits per heavy atom. The summed E-state index contributed by atoms with van der Waals surface area (Å²) in [4.78, 5) is 0. The first-order chi connectivity index (χ1) is 6.74. The van der Waals surface area contributed by atoms with Crippen LogP contribution < -0.4 is 5.73 Å². The molecule has 1 aromatic carbocycles. The van der Waals surface area contributed by atoms with Crippen LogP contribution in [0.2, 0.25) is 0 Å². The van der Waals surface area contributed by atoms with Gasteiger partial charge in [0.15, 0.2) is 0 Å². The molecule has 0 amide bonds. The van der Waals surface area contributed by atoms with E-state index in [2.05, 4.69) is 18.7 Å². The molecule has 0 unspecified atom stereocenters. The lowest BCUT2D eigenvalue weighted by Gasteiger charge is -1.98. The van der Waals surface area contributed by atoms with Crippen molar-refractivity contribution in [1.29, 1.82) is 5.41 Å². The number of allylic oxidation sites excluding steroid dienone is 1. The highest BCUT2D eigenvalue weighted by Gasteiger charge is 1.93. The number of nitrogens with two attached hydrogens (primary N) is 1. The number of benzene rings is 1. The molecule has 3 heteroatoms. The molecule has 2 nitrogen and oxygen atoms in total. The quantitative estimate of drug-likeness (QED) is 0.395. The summed E-state index contributed by atoms with van der Waals surface area (Å²) in [6.07, 6.45) is 5.09. The van der Waals surface area contributed by atoms with E-state index in [1.54, 1.807) is 0 Å². The molecule has 0 bridgehead atoms. The number of amidine groups is 1. The van der Waals surface area contributed by atoms with Crippen molar-refractivity contribution >= 4 is 24.5 Å². The van der Waals surface area contributed by atoms with Gasteiger partial charge in [-0.15, -0.1) is 0 Å². The highest BCUT2D eigenvalue weighted by molar-refractivity contribution is 7.80. The molecule has 3 N–H and O–H groups in total. The van der Waals surface area contributed by atoms with Gasteiger partial charge in [-0.25, -0.2) is 0 Å². The molecule has 0 aromatic heterocycles. The fourth-order valence-corrected chi connectivity index (χ4v) is 1.22. The van der Waals surface area contributed by atoms with Crippen molar-refractivity contribution in [3.63, 3.8) is 0 Å². The fourth-order valence-electron chi connectivity index (χ4n) is 1.07. The number of rotatable bonds is 4. The molecular formula is C11H14N2S. The molecule has 0 aliphatic rings. The van der Waals surface area contributed by atoms with Crippen LogP contribution in [0.5, 0.6) is 0 Å². The Bertz CT molecular complexity index is 328. The van der Waals surface area contributed by atoms with E-state index in [9.17, 15) is 0 Å². The Balaban J connectivity index is 2.68. The number of nitrogens with one attached hydrogen (secondary N) is 1. The minimum atomic E-state index is 0.107. The normalized spacial score (nSPS) is 10.6. The molecular weight excluding hydrogens is 192 g/mol. The molecule has 14 heavy (non-hydrogen) atoms. The molecule has 1 rings (SSSR count). The lowest BCUT2D eigenvalue weighted by molar-refractivity contribution is 1.26. The second-order valence-corrected chi connectivity index (χ2v) is 3.40. The van der Waals surface area contributed by atoms with Gasteiger partial charge in [0.1, 0.15) is 5.84 Å². The van der Waals surface area contributed by atoms with Gasteiger partial charge in [0.05, 0.1) is 0 Å². The molecule has 0 aliphatic carbocycles. The van der Waals surface area contributed by atoms with Gasteiger partial charge in [-0.1, -0.05) is 36.4 Å². The molecule has 0 spiro atoms. The second-order valence-electron chi connectivity index (χ2n) is 2.95. The monoisotopic (exact) mass is 206 g/mol. The maximum atomic E-state index is 7.22. The van der Waals surface area contributed by atoms with Crippen LogP contribution in [0.25, 0.3) is 6.08 Å². The Morgan fingerprint density at radius 2 is 2.00 bits per heavy atom. The third-order valence-electron chi connectivity index (χ3n) is 1.83. The summed E-state index contributed by atoms with van der Waals surface area (Å²) < 4.78 is 0. The van der Waals surface area contributed by atoms with E-state index in [0.717, 1.165) is 23.3 Å². The zero-order valence-electron chi connectivity index (χ0n) is 7.90. The number of nitrogen functional groups attached to an aromatic ring is 1. The summed E-state index contributed by atoms with van der Waals surface area (Å²) in [5, 5.41) is 7.22. The highest BCUT2D eigenvalue weighted by Crippen LogP contribution is 2.06. The van der Waals surface area contributed by atoms with Gasteiger partial charge >= 0.3 is 0 Å². The lowest BCUT2D eigenvalue weighted by atomic mass is 10.1. The van der Waals surface area contributed by atoms with Crippen LogP contribution in [0, 0.1) is 5.41 Å². The van der Waals surface area contributed by atoms with E-state index in [0.29, 0.717) is 0 Å². The summed E-state index contributed by atoms with van der Waals surface area (Å²) in [5.74, 6) is 0.970.